The molecule has 3 heteroatoms. The van der Waals surface area contributed by atoms with Gasteiger partial charge in [-0.05, 0) is 68.7 Å². The molecule has 0 saturated carbocycles. The molecule has 51 heavy (non-hydrogen) atoms. The molecule has 0 fully saturated rings. The summed E-state index contributed by atoms with van der Waals surface area (Å²) >= 11 is 0. The maximum Gasteiger partial charge on any atom is 0.160 e. The minimum Gasteiger partial charge on any atom is -0.455 e. The molecule has 3 nitrogen and oxygen atoms in total. The molecule has 2 aromatic heterocycles. The van der Waals surface area contributed by atoms with Crippen LogP contribution < -0.4 is 0 Å². The van der Waals surface area contributed by atoms with E-state index in [1.807, 2.05) is 36.4 Å². The second-order valence-electron chi connectivity index (χ2n) is 13.0. The Labute approximate surface area is 295 Å². The Kier molecular flexibility index (Phi) is 6.81. The van der Waals surface area contributed by atoms with Gasteiger partial charge in [-0.2, -0.15) is 0 Å². The summed E-state index contributed by atoms with van der Waals surface area (Å²) in [6, 6.07) is 63.8. The second kappa shape index (κ2) is 11.9. The van der Waals surface area contributed by atoms with Gasteiger partial charge in [0, 0.05) is 32.8 Å². The molecule has 0 radical (unpaired) electrons. The van der Waals surface area contributed by atoms with Crippen LogP contribution in [0.2, 0.25) is 0 Å². The third-order valence-electron chi connectivity index (χ3n) is 9.86. The monoisotopic (exact) mass is 650 g/mol. The Morgan fingerprint density at radius 3 is 1.67 bits per heavy atom. The van der Waals surface area contributed by atoms with Gasteiger partial charge in [0.2, 0.25) is 0 Å². The van der Waals surface area contributed by atoms with Crippen LogP contribution in [0.3, 0.4) is 0 Å². The Hall–Kier alpha value is -6.84. The summed E-state index contributed by atoms with van der Waals surface area (Å²) in [5, 5.41) is 6.88. The highest BCUT2D eigenvalue weighted by Crippen LogP contribution is 2.43. The smallest absolute Gasteiger partial charge is 0.160 e. The first kappa shape index (κ1) is 29.1. The third kappa shape index (κ3) is 5.06. The van der Waals surface area contributed by atoms with Crippen LogP contribution >= 0.6 is 0 Å². The zero-order valence-electron chi connectivity index (χ0n) is 27.6. The van der Waals surface area contributed by atoms with E-state index in [1.165, 1.54) is 33.0 Å². The molecule has 0 aliphatic carbocycles. The Bertz CT molecular complexity index is 2840. The molecule has 8 aromatic carbocycles. The number of nitrogens with zero attached hydrogens (tertiary/aromatic N) is 2. The first-order valence-electron chi connectivity index (χ1n) is 17.2. The molecular weight excluding hydrogens is 621 g/mol. The van der Waals surface area contributed by atoms with Gasteiger partial charge in [0.05, 0.1) is 11.4 Å². The molecule has 0 N–H and O–H groups in total. The molecule has 0 aliphatic rings. The van der Waals surface area contributed by atoms with Crippen molar-refractivity contribution in [2.24, 2.45) is 0 Å². The largest absolute Gasteiger partial charge is 0.455 e. The molecule has 0 aliphatic heterocycles. The van der Waals surface area contributed by atoms with Crippen molar-refractivity contribution in [3.63, 3.8) is 0 Å². The van der Waals surface area contributed by atoms with Crippen molar-refractivity contribution in [1.82, 2.24) is 9.97 Å². The normalized spacial score (nSPS) is 11.5. The van der Waals surface area contributed by atoms with Crippen molar-refractivity contribution in [3.05, 3.63) is 182 Å². The fourth-order valence-corrected chi connectivity index (χ4v) is 7.39. The highest BCUT2D eigenvalue weighted by atomic mass is 16.3. The van der Waals surface area contributed by atoms with Crippen molar-refractivity contribution in [2.75, 3.05) is 0 Å². The molecule has 0 atom stereocenters. The Balaban J connectivity index is 1.12. The lowest BCUT2D eigenvalue weighted by Crippen LogP contribution is -1.95. The summed E-state index contributed by atoms with van der Waals surface area (Å²) in [5.41, 5.74) is 11.4. The SMILES string of the molecule is c1ccc(-c2cc(-c3ccc4cc(-c5cc6c(oc7cccc(-c8ccccc8)c76)c6ccccc56)ccc4c3)nc(-c3ccccc3)n2)cc1. The number of fused-ring (bicyclic) bond motifs is 6. The number of hydrogen-bond acceptors (Lipinski definition) is 3. The van der Waals surface area contributed by atoms with Crippen molar-refractivity contribution in [2.45, 2.75) is 0 Å². The lowest BCUT2D eigenvalue weighted by molar-refractivity contribution is 0.673. The Morgan fingerprint density at radius 1 is 0.353 bits per heavy atom. The number of hydrogen-bond donors (Lipinski definition) is 0. The first-order valence-corrected chi connectivity index (χ1v) is 17.2. The van der Waals surface area contributed by atoms with Gasteiger partial charge >= 0.3 is 0 Å². The van der Waals surface area contributed by atoms with Crippen molar-refractivity contribution < 1.29 is 4.42 Å². The highest BCUT2D eigenvalue weighted by molar-refractivity contribution is 6.22. The van der Waals surface area contributed by atoms with Crippen LogP contribution in [0, 0.1) is 0 Å². The van der Waals surface area contributed by atoms with E-state index in [9.17, 15) is 0 Å². The van der Waals surface area contributed by atoms with Crippen LogP contribution in [0.25, 0.3) is 99.6 Å². The fraction of sp³-hybridized carbons (Fsp3) is 0. The summed E-state index contributed by atoms with van der Waals surface area (Å²) in [6.07, 6.45) is 0. The van der Waals surface area contributed by atoms with E-state index in [2.05, 4.69) is 146 Å². The summed E-state index contributed by atoms with van der Waals surface area (Å²) in [4.78, 5) is 10.0. The number of benzene rings is 8. The van der Waals surface area contributed by atoms with Gasteiger partial charge in [-0.25, -0.2) is 9.97 Å². The minimum absolute atomic E-state index is 0.715. The average Bonchev–Trinajstić information content (AvgIpc) is 3.60. The van der Waals surface area contributed by atoms with Crippen LogP contribution in [0.4, 0.5) is 0 Å². The first-order chi connectivity index (χ1) is 25.3. The molecule has 2 heterocycles. The molecule has 238 valence electrons. The van der Waals surface area contributed by atoms with E-state index in [-0.39, 0.29) is 0 Å². The van der Waals surface area contributed by atoms with Gasteiger partial charge in [0.25, 0.3) is 0 Å². The van der Waals surface area contributed by atoms with Gasteiger partial charge in [0.15, 0.2) is 5.82 Å². The molecule has 10 rings (SSSR count). The van der Waals surface area contributed by atoms with Gasteiger partial charge in [-0.3, -0.25) is 0 Å². The lowest BCUT2D eigenvalue weighted by Gasteiger charge is -2.12. The predicted octanol–water partition coefficient (Wildman–Crippen LogP) is 13.0. The molecule has 0 spiro atoms. The van der Waals surface area contributed by atoms with E-state index < -0.39 is 0 Å². The number of rotatable bonds is 5. The van der Waals surface area contributed by atoms with Crippen LogP contribution in [-0.4, -0.2) is 9.97 Å². The predicted molar refractivity (Wildman–Crippen MR) is 212 cm³/mol. The molecule has 0 amide bonds. The fourth-order valence-electron chi connectivity index (χ4n) is 7.39. The average molecular weight is 651 g/mol. The van der Waals surface area contributed by atoms with Crippen molar-refractivity contribution >= 4 is 43.5 Å². The molecule has 0 unspecified atom stereocenters. The standard InChI is InChI=1S/C48H30N2O/c1-4-13-31(14-5-1)38-21-12-22-45-46(38)42-29-41(39-19-10-11-20-40(39)47(42)51-45)36-25-23-35-28-37(26-24-34(35)27-36)44-30-43(32-15-6-2-7-16-32)49-48(50-44)33-17-8-3-9-18-33/h1-30H. The van der Waals surface area contributed by atoms with Gasteiger partial charge in [0.1, 0.15) is 11.2 Å². The molecular formula is C48H30N2O. The summed E-state index contributed by atoms with van der Waals surface area (Å²) in [6.45, 7) is 0. The number of aromatic nitrogens is 2. The quantitative estimate of drug-likeness (QED) is 0.186. The molecule has 10 aromatic rings. The van der Waals surface area contributed by atoms with Crippen molar-refractivity contribution in [3.8, 4) is 56.2 Å². The lowest BCUT2D eigenvalue weighted by atomic mass is 9.92. The maximum atomic E-state index is 6.61. The molecule has 0 bridgehead atoms. The van der Waals surface area contributed by atoms with E-state index in [0.717, 1.165) is 60.8 Å². The Morgan fingerprint density at radius 2 is 0.941 bits per heavy atom. The van der Waals surface area contributed by atoms with Crippen molar-refractivity contribution in [1.29, 1.82) is 0 Å². The topological polar surface area (TPSA) is 38.9 Å². The van der Waals surface area contributed by atoms with Gasteiger partial charge in [-0.1, -0.05) is 152 Å². The van der Waals surface area contributed by atoms with Gasteiger partial charge < -0.3 is 4.42 Å². The van der Waals surface area contributed by atoms with E-state index >= 15 is 0 Å². The van der Waals surface area contributed by atoms with E-state index in [1.54, 1.807) is 0 Å². The van der Waals surface area contributed by atoms with E-state index in [0.29, 0.717) is 5.82 Å². The van der Waals surface area contributed by atoms with Crippen LogP contribution in [0.1, 0.15) is 0 Å². The van der Waals surface area contributed by atoms with Crippen LogP contribution in [-0.2, 0) is 0 Å². The van der Waals surface area contributed by atoms with Gasteiger partial charge in [-0.15, -0.1) is 0 Å². The minimum atomic E-state index is 0.715. The third-order valence-corrected chi connectivity index (χ3v) is 9.86. The second-order valence-corrected chi connectivity index (χ2v) is 13.0. The van der Waals surface area contributed by atoms with Crippen LogP contribution in [0.15, 0.2) is 186 Å². The summed E-state index contributed by atoms with van der Waals surface area (Å²) in [7, 11) is 0. The molecule has 0 saturated heterocycles. The highest BCUT2D eigenvalue weighted by Gasteiger charge is 2.18. The van der Waals surface area contributed by atoms with E-state index in [4.69, 9.17) is 14.4 Å². The van der Waals surface area contributed by atoms with Crippen LogP contribution in [0.5, 0.6) is 0 Å². The zero-order valence-corrected chi connectivity index (χ0v) is 27.6. The maximum absolute atomic E-state index is 6.61. The zero-order chi connectivity index (χ0) is 33.7. The summed E-state index contributed by atoms with van der Waals surface area (Å²) in [5.74, 6) is 0.715. The number of furan rings is 1. The summed E-state index contributed by atoms with van der Waals surface area (Å²) < 4.78 is 6.61.